The van der Waals surface area contributed by atoms with Crippen molar-refractivity contribution in [2.75, 3.05) is 0 Å². The molecule has 0 unspecified atom stereocenters. The molecule has 3 heterocycles. The number of nitrogens with zero attached hydrogens (tertiary/aromatic N) is 2. The fourth-order valence-corrected chi connectivity index (χ4v) is 9.67. The second kappa shape index (κ2) is 11.5. The van der Waals surface area contributed by atoms with Crippen LogP contribution in [0.25, 0.3) is 120 Å². The number of rotatable bonds is 3. The van der Waals surface area contributed by atoms with E-state index in [1.807, 2.05) is 12.1 Å². The van der Waals surface area contributed by atoms with Gasteiger partial charge in [0, 0.05) is 43.7 Å². The maximum atomic E-state index is 6.27. The fraction of sp³-hybridized carbons (Fsp3) is 0. The Hall–Kier alpha value is -7.62. The highest BCUT2D eigenvalue weighted by Crippen LogP contribution is 2.43. The van der Waals surface area contributed by atoms with Crippen LogP contribution in [0.1, 0.15) is 0 Å². The Morgan fingerprint density at radius 1 is 0.298 bits per heavy atom. The van der Waals surface area contributed by atoms with Gasteiger partial charge in [-0.15, -0.1) is 0 Å². The minimum atomic E-state index is 0.917. The quantitative estimate of drug-likeness (QED) is 0.178. The molecule has 0 aliphatic carbocycles. The minimum Gasteiger partial charge on any atom is -0.456 e. The lowest BCUT2D eigenvalue weighted by molar-refractivity contribution is 0.669. The van der Waals surface area contributed by atoms with Crippen molar-refractivity contribution in [2.45, 2.75) is 0 Å². The van der Waals surface area contributed by atoms with Gasteiger partial charge in [0.1, 0.15) is 11.2 Å². The topological polar surface area (TPSA) is 23.0 Å². The zero-order valence-electron chi connectivity index (χ0n) is 30.8. The van der Waals surface area contributed by atoms with Crippen molar-refractivity contribution in [1.29, 1.82) is 0 Å². The number of aromatic nitrogens is 2. The highest BCUT2D eigenvalue weighted by molar-refractivity contribution is 6.25. The van der Waals surface area contributed by atoms with Crippen LogP contribution >= 0.6 is 0 Å². The van der Waals surface area contributed by atoms with Crippen LogP contribution in [0.2, 0.25) is 0 Å². The number of fused-ring (bicyclic) bond motifs is 13. The molecule has 13 aromatic rings. The molecule has 0 bridgehead atoms. The molecule has 0 amide bonds. The van der Waals surface area contributed by atoms with Crippen LogP contribution in [-0.4, -0.2) is 9.13 Å². The first-order valence-corrected chi connectivity index (χ1v) is 19.6. The zero-order chi connectivity index (χ0) is 37.2. The van der Waals surface area contributed by atoms with Crippen LogP contribution in [0.15, 0.2) is 199 Å². The molecule has 0 aliphatic heterocycles. The van der Waals surface area contributed by atoms with E-state index in [4.69, 9.17) is 4.42 Å². The number of furan rings is 1. The van der Waals surface area contributed by atoms with E-state index in [9.17, 15) is 0 Å². The standard InChI is InChI=1S/C54H32N2O/c1-3-13-40-33(10-1)12-9-17-41(40)35-20-24-38(25-21-35)55-48-18-7-5-15-43(48)45-31-47-51(32-50(45)55)56(49-27-23-34-11-2-4-14-42(34)54(47)49)39-26-22-36-30-53-46(29-37(36)28-39)44-16-6-8-19-52(44)57-53/h1-32H. The van der Waals surface area contributed by atoms with E-state index in [-0.39, 0.29) is 0 Å². The highest BCUT2D eigenvalue weighted by atomic mass is 16.3. The summed E-state index contributed by atoms with van der Waals surface area (Å²) in [6.07, 6.45) is 0. The largest absolute Gasteiger partial charge is 0.456 e. The van der Waals surface area contributed by atoms with E-state index >= 15 is 0 Å². The Kier molecular flexibility index (Phi) is 6.16. The molecule has 0 spiro atoms. The number of hydrogen-bond acceptors (Lipinski definition) is 1. The summed E-state index contributed by atoms with van der Waals surface area (Å²) in [5, 5.41) is 14.7. The molecule has 3 nitrogen and oxygen atoms in total. The molecule has 3 heteroatoms. The second-order valence-electron chi connectivity index (χ2n) is 15.3. The van der Waals surface area contributed by atoms with Crippen LogP contribution in [0, 0.1) is 0 Å². The van der Waals surface area contributed by atoms with Gasteiger partial charge < -0.3 is 13.6 Å². The molecule has 10 aromatic carbocycles. The van der Waals surface area contributed by atoms with E-state index in [0.29, 0.717) is 0 Å². The summed E-state index contributed by atoms with van der Waals surface area (Å²) in [4.78, 5) is 0. The van der Waals surface area contributed by atoms with Crippen molar-refractivity contribution in [2.24, 2.45) is 0 Å². The lowest BCUT2D eigenvalue weighted by Crippen LogP contribution is -1.96. The van der Waals surface area contributed by atoms with Crippen LogP contribution < -0.4 is 0 Å². The van der Waals surface area contributed by atoms with Crippen molar-refractivity contribution in [3.63, 3.8) is 0 Å². The average Bonchev–Trinajstić information content (AvgIpc) is 3.91. The van der Waals surface area contributed by atoms with E-state index in [1.54, 1.807) is 0 Å². The third-order valence-corrected chi connectivity index (χ3v) is 12.3. The third kappa shape index (κ3) is 4.37. The highest BCUT2D eigenvalue weighted by Gasteiger charge is 2.20. The normalized spacial score (nSPS) is 12.2. The number of hydrogen-bond donors (Lipinski definition) is 0. The van der Waals surface area contributed by atoms with E-state index in [2.05, 4.69) is 191 Å². The Morgan fingerprint density at radius 2 is 0.965 bits per heavy atom. The average molecular weight is 725 g/mol. The zero-order valence-corrected chi connectivity index (χ0v) is 30.8. The Bertz CT molecular complexity index is 3800. The molecule has 0 saturated heterocycles. The van der Waals surface area contributed by atoms with Gasteiger partial charge in [0.15, 0.2) is 0 Å². The Labute approximate surface area is 326 Å². The van der Waals surface area contributed by atoms with Crippen LogP contribution in [0.3, 0.4) is 0 Å². The predicted molar refractivity (Wildman–Crippen MR) is 240 cm³/mol. The molecule has 264 valence electrons. The van der Waals surface area contributed by atoms with E-state index < -0.39 is 0 Å². The monoisotopic (exact) mass is 724 g/mol. The molecule has 0 radical (unpaired) electrons. The Morgan fingerprint density at radius 3 is 1.84 bits per heavy atom. The first-order valence-electron chi connectivity index (χ1n) is 19.6. The lowest BCUT2D eigenvalue weighted by atomic mass is 9.98. The van der Waals surface area contributed by atoms with Crippen molar-refractivity contribution in [3.05, 3.63) is 194 Å². The van der Waals surface area contributed by atoms with E-state index in [0.717, 1.165) is 38.7 Å². The molecule has 0 saturated carbocycles. The summed E-state index contributed by atoms with van der Waals surface area (Å²) in [6, 6.07) is 71.0. The van der Waals surface area contributed by atoms with E-state index in [1.165, 1.54) is 81.7 Å². The van der Waals surface area contributed by atoms with Crippen molar-refractivity contribution in [1.82, 2.24) is 9.13 Å². The van der Waals surface area contributed by atoms with Gasteiger partial charge in [0.25, 0.3) is 0 Å². The third-order valence-electron chi connectivity index (χ3n) is 12.3. The number of para-hydroxylation sites is 2. The van der Waals surface area contributed by atoms with Gasteiger partial charge in [-0.1, -0.05) is 127 Å². The van der Waals surface area contributed by atoms with Gasteiger partial charge in [-0.05, 0) is 110 Å². The molecular weight excluding hydrogens is 693 g/mol. The van der Waals surface area contributed by atoms with Crippen LogP contribution in [0.4, 0.5) is 0 Å². The fourth-order valence-electron chi connectivity index (χ4n) is 9.67. The predicted octanol–water partition coefficient (Wildman–Crippen LogP) is 14.9. The van der Waals surface area contributed by atoms with Crippen molar-refractivity contribution in [3.8, 4) is 22.5 Å². The second-order valence-corrected chi connectivity index (χ2v) is 15.3. The summed E-state index contributed by atoms with van der Waals surface area (Å²) >= 11 is 0. The minimum absolute atomic E-state index is 0.917. The molecule has 13 rings (SSSR count). The van der Waals surface area contributed by atoms with Crippen molar-refractivity contribution >= 4 is 97.9 Å². The summed E-state index contributed by atoms with van der Waals surface area (Å²) in [5.74, 6) is 0. The van der Waals surface area contributed by atoms with Gasteiger partial charge >= 0.3 is 0 Å². The summed E-state index contributed by atoms with van der Waals surface area (Å²) in [6.45, 7) is 0. The first kappa shape index (κ1) is 30.7. The molecule has 57 heavy (non-hydrogen) atoms. The van der Waals surface area contributed by atoms with Gasteiger partial charge in [0.05, 0.1) is 22.1 Å². The van der Waals surface area contributed by atoms with Gasteiger partial charge in [0.2, 0.25) is 0 Å². The maximum Gasteiger partial charge on any atom is 0.136 e. The molecule has 3 aromatic heterocycles. The lowest BCUT2D eigenvalue weighted by Gasteiger charge is -2.12. The van der Waals surface area contributed by atoms with Crippen molar-refractivity contribution < 1.29 is 4.42 Å². The summed E-state index contributed by atoms with van der Waals surface area (Å²) in [5.41, 5.74) is 11.3. The molecule has 0 aliphatic rings. The molecular formula is C54H32N2O. The Balaban J connectivity index is 1.09. The van der Waals surface area contributed by atoms with Crippen LogP contribution in [0.5, 0.6) is 0 Å². The number of benzene rings is 10. The van der Waals surface area contributed by atoms with Gasteiger partial charge in [-0.25, -0.2) is 0 Å². The van der Waals surface area contributed by atoms with Crippen LogP contribution in [-0.2, 0) is 0 Å². The molecule has 0 fully saturated rings. The van der Waals surface area contributed by atoms with Gasteiger partial charge in [-0.3, -0.25) is 0 Å². The summed E-state index contributed by atoms with van der Waals surface area (Å²) < 4.78 is 11.2. The first-order chi connectivity index (χ1) is 28.2. The maximum absolute atomic E-state index is 6.27. The molecule has 0 atom stereocenters. The smallest absolute Gasteiger partial charge is 0.136 e. The molecule has 0 N–H and O–H groups in total. The SMILES string of the molecule is c1ccc2c(-c3ccc(-n4c5ccccc5c5cc6c7c8ccccc8ccc7n(-c7ccc8cc9oc%10ccccc%10c9cc8c7)c6cc54)cc3)cccc2c1. The van der Waals surface area contributed by atoms with Gasteiger partial charge in [-0.2, -0.15) is 0 Å². The summed E-state index contributed by atoms with van der Waals surface area (Å²) in [7, 11) is 0.